The van der Waals surface area contributed by atoms with Crippen molar-refractivity contribution < 1.29 is 18.3 Å². The second-order valence-electron chi connectivity index (χ2n) is 4.79. The molecule has 0 unspecified atom stereocenters. The maximum atomic E-state index is 12.6. The van der Waals surface area contributed by atoms with E-state index in [1.165, 1.54) is 0 Å². The maximum absolute atomic E-state index is 12.6. The van der Waals surface area contributed by atoms with Gasteiger partial charge in [-0.25, -0.2) is 9.97 Å². The summed E-state index contributed by atoms with van der Waals surface area (Å²) >= 11 is 0. The molecule has 0 bridgehead atoms. The molecule has 6 nitrogen and oxygen atoms in total. The van der Waals surface area contributed by atoms with Crippen molar-refractivity contribution in [2.45, 2.75) is 30.8 Å². The topological polar surface area (TPSA) is 75.9 Å². The number of nitrogens with zero attached hydrogens (tertiary/aromatic N) is 4. The van der Waals surface area contributed by atoms with E-state index >= 15 is 0 Å². The van der Waals surface area contributed by atoms with E-state index in [2.05, 4.69) is 20.4 Å². The Morgan fingerprint density at radius 2 is 2.14 bits per heavy atom. The van der Waals surface area contributed by atoms with Gasteiger partial charge in [-0.2, -0.15) is 18.3 Å². The number of aliphatic hydroxyl groups is 1. The number of hydrogen-bond donors (Lipinski definition) is 2. The van der Waals surface area contributed by atoms with Crippen molar-refractivity contribution in [3.8, 4) is 0 Å². The van der Waals surface area contributed by atoms with Gasteiger partial charge in [-0.3, -0.25) is 4.68 Å². The number of anilines is 1. The van der Waals surface area contributed by atoms with Crippen LogP contribution in [0.4, 0.5) is 19.1 Å². The van der Waals surface area contributed by atoms with E-state index in [0.717, 1.165) is 12.3 Å². The monoisotopic (exact) mass is 299 g/mol. The van der Waals surface area contributed by atoms with Crippen LogP contribution in [0.3, 0.4) is 0 Å². The SMILES string of the molecule is O[C@@H]1C[C@H](Nc2nccc(C(F)(F)F)n2)[C@H]1n1cccn1. The van der Waals surface area contributed by atoms with E-state index in [4.69, 9.17) is 0 Å². The highest BCUT2D eigenvalue weighted by Gasteiger charge is 2.42. The molecule has 1 aliphatic carbocycles. The highest BCUT2D eigenvalue weighted by atomic mass is 19.4. The molecule has 0 aliphatic heterocycles. The molecule has 0 saturated heterocycles. The van der Waals surface area contributed by atoms with E-state index in [1.807, 2.05) is 0 Å². The van der Waals surface area contributed by atoms with Gasteiger partial charge < -0.3 is 10.4 Å². The first kappa shape index (κ1) is 13.8. The lowest BCUT2D eigenvalue weighted by Crippen LogP contribution is -2.51. The van der Waals surface area contributed by atoms with E-state index in [9.17, 15) is 18.3 Å². The highest BCUT2D eigenvalue weighted by Crippen LogP contribution is 2.34. The number of rotatable bonds is 3. The summed E-state index contributed by atoms with van der Waals surface area (Å²) < 4.78 is 39.3. The third-order valence-corrected chi connectivity index (χ3v) is 3.39. The van der Waals surface area contributed by atoms with Gasteiger partial charge in [0.1, 0.15) is 5.69 Å². The average molecular weight is 299 g/mol. The molecule has 2 heterocycles. The lowest BCUT2D eigenvalue weighted by molar-refractivity contribution is -0.141. The van der Waals surface area contributed by atoms with Gasteiger partial charge >= 0.3 is 6.18 Å². The minimum absolute atomic E-state index is 0.112. The third-order valence-electron chi connectivity index (χ3n) is 3.39. The van der Waals surface area contributed by atoms with Crippen molar-refractivity contribution in [2.24, 2.45) is 0 Å². The molecule has 2 aromatic rings. The molecule has 1 aliphatic rings. The van der Waals surface area contributed by atoms with Crippen LogP contribution in [0.1, 0.15) is 18.2 Å². The molecule has 0 radical (unpaired) electrons. The molecule has 1 fully saturated rings. The molecule has 2 aromatic heterocycles. The number of alkyl halides is 3. The quantitative estimate of drug-likeness (QED) is 0.898. The minimum atomic E-state index is -4.51. The predicted octanol–water partition coefficient (Wildman–Crippen LogP) is 1.48. The van der Waals surface area contributed by atoms with Crippen LogP contribution in [0, 0.1) is 0 Å². The normalized spacial score (nSPS) is 25.4. The van der Waals surface area contributed by atoms with Gasteiger partial charge in [-0.05, 0) is 18.6 Å². The van der Waals surface area contributed by atoms with E-state index in [0.29, 0.717) is 6.42 Å². The van der Waals surface area contributed by atoms with Crippen LogP contribution in [-0.4, -0.2) is 37.0 Å². The number of hydrogen-bond acceptors (Lipinski definition) is 5. The van der Waals surface area contributed by atoms with Gasteiger partial charge in [0, 0.05) is 18.6 Å². The van der Waals surface area contributed by atoms with Gasteiger partial charge in [0.15, 0.2) is 0 Å². The second-order valence-corrected chi connectivity index (χ2v) is 4.79. The Morgan fingerprint density at radius 3 is 2.76 bits per heavy atom. The second kappa shape index (κ2) is 4.99. The number of aromatic nitrogens is 4. The molecule has 3 atom stereocenters. The van der Waals surface area contributed by atoms with Crippen LogP contribution in [0.5, 0.6) is 0 Å². The van der Waals surface area contributed by atoms with Crippen molar-refractivity contribution in [2.75, 3.05) is 5.32 Å². The molecule has 112 valence electrons. The molecular formula is C12H12F3N5O. The Labute approximate surface area is 117 Å². The predicted molar refractivity (Wildman–Crippen MR) is 66.3 cm³/mol. The third kappa shape index (κ3) is 2.68. The van der Waals surface area contributed by atoms with Crippen molar-refractivity contribution in [1.29, 1.82) is 0 Å². The van der Waals surface area contributed by atoms with Gasteiger partial charge in [0.05, 0.1) is 18.2 Å². The minimum Gasteiger partial charge on any atom is -0.391 e. The van der Waals surface area contributed by atoms with Gasteiger partial charge in [0.25, 0.3) is 0 Å². The number of halogens is 3. The summed E-state index contributed by atoms with van der Waals surface area (Å²) in [6, 6.07) is 1.90. The van der Waals surface area contributed by atoms with Crippen LogP contribution in [0.15, 0.2) is 30.7 Å². The van der Waals surface area contributed by atoms with E-state index < -0.39 is 18.0 Å². The fraction of sp³-hybridized carbons (Fsp3) is 0.417. The Kier molecular flexibility index (Phi) is 3.28. The average Bonchev–Trinajstić information content (AvgIpc) is 2.90. The lowest BCUT2D eigenvalue weighted by atomic mass is 9.83. The van der Waals surface area contributed by atoms with Crippen molar-refractivity contribution >= 4 is 5.95 Å². The standard InChI is InChI=1S/C12H12F3N5O/c13-12(14,15)9-2-4-16-11(19-9)18-7-6-8(21)10(7)20-5-1-3-17-20/h1-5,7-8,10,21H,6H2,(H,16,18,19)/t7-,8+,10+/m0/s1. The molecule has 21 heavy (non-hydrogen) atoms. The van der Waals surface area contributed by atoms with Crippen LogP contribution in [0.2, 0.25) is 0 Å². The molecule has 0 amide bonds. The largest absolute Gasteiger partial charge is 0.433 e. The summed E-state index contributed by atoms with van der Waals surface area (Å²) in [6.07, 6.45) is -0.411. The van der Waals surface area contributed by atoms with Crippen LogP contribution in [0.25, 0.3) is 0 Å². The fourth-order valence-electron chi connectivity index (χ4n) is 2.33. The summed E-state index contributed by atoms with van der Waals surface area (Å²) in [7, 11) is 0. The van der Waals surface area contributed by atoms with Gasteiger partial charge in [-0.15, -0.1) is 0 Å². The Hall–Kier alpha value is -2.16. The maximum Gasteiger partial charge on any atom is 0.433 e. The van der Waals surface area contributed by atoms with E-state index in [-0.39, 0.29) is 18.0 Å². The molecule has 0 aromatic carbocycles. The summed E-state index contributed by atoms with van der Waals surface area (Å²) in [5, 5.41) is 16.6. The summed E-state index contributed by atoms with van der Waals surface area (Å²) in [5.74, 6) is -0.112. The van der Waals surface area contributed by atoms with Crippen LogP contribution in [-0.2, 0) is 6.18 Å². The van der Waals surface area contributed by atoms with Gasteiger partial charge in [-0.1, -0.05) is 0 Å². The molecule has 3 rings (SSSR count). The first-order valence-electron chi connectivity index (χ1n) is 6.29. The first-order valence-corrected chi connectivity index (χ1v) is 6.29. The Morgan fingerprint density at radius 1 is 1.33 bits per heavy atom. The van der Waals surface area contributed by atoms with Crippen molar-refractivity contribution in [3.63, 3.8) is 0 Å². The zero-order chi connectivity index (χ0) is 15.0. The zero-order valence-electron chi connectivity index (χ0n) is 10.7. The van der Waals surface area contributed by atoms with Crippen molar-refractivity contribution in [1.82, 2.24) is 19.7 Å². The smallest absolute Gasteiger partial charge is 0.391 e. The van der Waals surface area contributed by atoms with Crippen LogP contribution >= 0.6 is 0 Å². The summed E-state index contributed by atoms with van der Waals surface area (Å²) in [4.78, 5) is 7.23. The molecule has 9 heteroatoms. The van der Waals surface area contributed by atoms with Crippen LogP contribution < -0.4 is 5.32 Å². The Balaban J connectivity index is 1.75. The number of nitrogens with one attached hydrogen (secondary N) is 1. The molecule has 0 spiro atoms. The number of aliphatic hydroxyl groups excluding tert-OH is 1. The van der Waals surface area contributed by atoms with E-state index in [1.54, 1.807) is 23.1 Å². The zero-order valence-corrected chi connectivity index (χ0v) is 10.7. The molecule has 2 N–H and O–H groups in total. The van der Waals surface area contributed by atoms with Crippen molar-refractivity contribution in [3.05, 3.63) is 36.4 Å². The Bertz CT molecular complexity index is 616. The first-order chi connectivity index (χ1) is 9.95. The molecule has 1 saturated carbocycles. The molecular weight excluding hydrogens is 287 g/mol. The lowest BCUT2D eigenvalue weighted by Gasteiger charge is -2.41. The van der Waals surface area contributed by atoms with Gasteiger partial charge in [0.2, 0.25) is 5.95 Å². The summed E-state index contributed by atoms with van der Waals surface area (Å²) in [5.41, 5.74) is -1.00. The fourth-order valence-corrected chi connectivity index (χ4v) is 2.33. The highest BCUT2D eigenvalue weighted by molar-refractivity contribution is 5.30. The summed E-state index contributed by atoms with van der Waals surface area (Å²) in [6.45, 7) is 0.